The predicted octanol–water partition coefficient (Wildman–Crippen LogP) is 3.36. The first-order valence-electron chi connectivity index (χ1n) is 7.73. The van der Waals surface area contributed by atoms with Crippen molar-refractivity contribution < 1.29 is 9.59 Å². The summed E-state index contributed by atoms with van der Waals surface area (Å²) < 4.78 is 0. The highest BCUT2D eigenvalue weighted by molar-refractivity contribution is 6.23. The first-order valence-corrected chi connectivity index (χ1v) is 7.73. The van der Waals surface area contributed by atoms with Gasteiger partial charge in [0.15, 0.2) is 0 Å². The number of nitrogens with zero attached hydrogens (tertiary/aromatic N) is 1. The molecule has 23 heavy (non-hydrogen) atoms. The number of rotatable bonds is 3. The van der Waals surface area contributed by atoms with Crippen LogP contribution >= 0.6 is 0 Å². The van der Waals surface area contributed by atoms with E-state index < -0.39 is 6.04 Å². The van der Waals surface area contributed by atoms with Crippen molar-refractivity contribution in [2.75, 3.05) is 10.2 Å². The van der Waals surface area contributed by atoms with Gasteiger partial charge in [-0.05, 0) is 55.7 Å². The van der Waals surface area contributed by atoms with E-state index in [1.165, 1.54) is 4.90 Å². The minimum Gasteiger partial charge on any atom is -0.373 e. The number of carbonyl (C=O) groups excluding carboxylic acids is 2. The minimum absolute atomic E-state index is 0.164. The van der Waals surface area contributed by atoms with Gasteiger partial charge in [-0.25, -0.2) is 4.90 Å². The van der Waals surface area contributed by atoms with Crippen LogP contribution in [-0.2, 0) is 9.59 Å². The zero-order valence-corrected chi connectivity index (χ0v) is 13.6. The number of carbonyl (C=O) groups is 2. The van der Waals surface area contributed by atoms with E-state index in [4.69, 9.17) is 0 Å². The standard InChI is InChI=1S/C19H20N2O2/c1-12-5-4-6-15(9-12)21-18(22)11-17(19(21)23)20-16-10-13(2)7-8-14(16)3/h4-10,17,20H,11H2,1-3H3/t17-/m1/s1. The Morgan fingerprint density at radius 3 is 2.48 bits per heavy atom. The van der Waals surface area contributed by atoms with Crippen LogP contribution in [0.4, 0.5) is 11.4 Å². The number of anilines is 2. The number of hydrogen-bond donors (Lipinski definition) is 1. The summed E-state index contributed by atoms with van der Waals surface area (Å²) in [6.45, 7) is 5.94. The van der Waals surface area contributed by atoms with Crippen molar-refractivity contribution in [3.63, 3.8) is 0 Å². The summed E-state index contributed by atoms with van der Waals surface area (Å²) in [6, 6.07) is 13.0. The molecule has 3 rings (SSSR count). The summed E-state index contributed by atoms with van der Waals surface area (Å²) in [5.41, 5.74) is 4.75. The molecule has 2 amide bonds. The summed E-state index contributed by atoms with van der Waals surface area (Å²) in [4.78, 5) is 26.3. The molecular formula is C19H20N2O2. The van der Waals surface area contributed by atoms with Crippen molar-refractivity contribution in [3.05, 3.63) is 59.2 Å². The van der Waals surface area contributed by atoms with Crippen LogP contribution in [0.1, 0.15) is 23.1 Å². The van der Waals surface area contributed by atoms with Gasteiger partial charge < -0.3 is 5.32 Å². The third-order valence-electron chi connectivity index (χ3n) is 4.13. The molecule has 1 aliphatic heterocycles. The average molecular weight is 308 g/mol. The minimum atomic E-state index is -0.511. The molecule has 0 bridgehead atoms. The molecule has 4 heteroatoms. The van der Waals surface area contributed by atoms with Gasteiger partial charge >= 0.3 is 0 Å². The molecule has 1 heterocycles. The maximum absolute atomic E-state index is 12.7. The fourth-order valence-electron chi connectivity index (χ4n) is 2.86. The third kappa shape index (κ3) is 2.97. The van der Waals surface area contributed by atoms with E-state index in [1.54, 1.807) is 6.07 Å². The molecule has 0 saturated carbocycles. The number of imide groups is 1. The zero-order valence-electron chi connectivity index (χ0n) is 13.6. The molecule has 2 aromatic rings. The van der Waals surface area contributed by atoms with Gasteiger partial charge in [0.25, 0.3) is 5.91 Å². The van der Waals surface area contributed by atoms with Gasteiger partial charge in [0.1, 0.15) is 6.04 Å². The van der Waals surface area contributed by atoms with Gasteiger partial charge in [-0.1, -0.05) is 24.3 Å². The molecular weight excluding hydrogens is 288 g/mol. The van der Waals surface area contributed by atoms with Gasteiger partial charge in [-0.15, -0.1) is 0 Å². The van der Waals surface area contributed by atoms with Crippen molar-refractivity contribution in [1.82, 2.24) is 0 Å². The molecule has 1 N–H and O–H groups in total. The van der Waals surface area contributed by atoms with E-state index in [0.717, 1.165) is 22.4 Å². The van der Waals surface area contributed by atoms with E-state index in [-0.39, 0.29) is 18.2 Å². The molecule has 1 fully saturated rings. The van der Waals surface area contributed by atoms with Crippen molar-refractivity contribution in [3.8, 4) is 0 Å². The smallest absolute Gasteiger partial charge is 0.256 e. The van der Waals surface area contributed by atoms with Crippen LogP contribution in [0.15, 0.2) is 42.5 Å². The lowest BCUT2D eigenvalue weighted by Crippen LogP contribution is -2.35. The highest BCUT2D eigenvalue weighted by Crippen LogP contribution is 2.26. The topological polar surface area (TPSA) is 49.4 Å². The monoisotopic (exact) mass is 308 g/mol. The summed E-state index contributed by atoms with van der Waals surface area (Å²) in [7, 11) is 0. The molecule has 0 spiro atoms. The molecule has 1 atom stereocenters. The van der Waals surface area contributed by atoms with Crippen molar-refractivity contribution in [1.29, 1.82) is 0 Å². The second-order valence-electron chi connectivity index (χ2n) is 6.13. The number of aryl methyl sites for hydroxylation is 3. The molecule has 0 aliphatic carbocycles. The van der Waals surface area contributed by atoms with E-state index in [2.05, 4.69) is 5.32 Å². The lowest BCUT2D eigenvalue weighted by molar-refractivity contribution is -0.121. The van der Waals surface area contributed by atoms with E-state index in [1.807, 2.05) is 57.2 Å². The van der Waals surface area contributed by atoms with E-state index >= 15 is 0 Å². The van der Waals surface area contributed by atoms with Crippen LogP contribution in [0.25, 0.3) is 0 Å². The van der Waals surface area contributed by atoms with Gasteiger partial charge in [0.2, 0.25) is 5.91 Å². The highest BCUT2D eigenvalue weighted by atomic mass is 16.2. The quantitative estimate of drug-likeness (QED) is 0.885. The molecule has 0 radical (unpaired) electrons. The summed E-state index contributed by atoms with van der Waals surface area (Å²) in [5.74, 6) is -0.357. The Bertz CT molecular complexity index is 783. The van der Waals surface area contributed by atoms with Crippen molar-refractivity contribution in [2.24, 2.45) is 0 Å². The van der Waals surface area contributed by atoms with Gasteiger partial charge in [-0.2, -0.15) is 0 Å². The van der Waals surface area contributed by atoms with Gasteiger partial charge in [-0.3, -0.25) is 9.59 Å². The summed E-state index contributed by atoms with van der Waals surface area (Å²) in [6.07, 6.45) is 0.181. The lowest BCUT2D eigenvalue weighted by atomic mass is 10.1. The fourth-order valence-corrected chi connectivity index (χ4v) is 2.86. The Labute approximate surface area is 136 Å². The summed E-state index contributed by atoms with van der Waals surface area (Å²) in [5, 5.41) is 3.23. The normalized spacial score (nSPS) is 17.7. The van der Waals surface area contributed by atoms with Crippen LogP contribution < -0.4 is 10.2 Å². The third-order valence-corrected chi connectivity index (χ3v) is 4.13. The van der Waals surface area contributed by atoms with Crippen LogP contribution in [-0.4, -0.2) is 17.9 Å². The molecule has 1 aliphatic rings. The van der Waals surface area contributed by atoms with Gasteiger partial charge in [0.05, 0.1) is 12.1 Å². The molecule has 4 nitrogen and oxygen atoms in total. The second-order valence-corrected chi connectivity index (χ2v) is 6.13. The number of nitrogens with one attached hydrogen (secondary N) is 1. The van der Waals surface area contributed by atoms with Gasteiger partial charge in [0, 0.05) is 5.69 Å². The first-order chi connectivity index (χ1) is 11.0. The number of benzene rings is 2. The Kier molecular flexibility index (Phi) is 3.90. The lowest BCUT2D eigenvalue weighted by Gasteiger charge is -2.17. The maximum atomic E-state index is 12.7. The van der Waals surface area contributed by atoms with E-state index in [0.29, 0.717) is 5.69 Å². The van der Waals surface area contributed by atoms with Crippen molar-refractivity contribution >= 4 is 23.2 Å². The molecule has 2 aromatic carbocycles. The van der Waals surface area contributed by atoms with Crippen LogP contribution in [0, 0.1) is 20.8 Å². The summed E-state index contributed by atoms with van der Waals surface area (Å²) >= 11 is 0. The molecule has 1 saturated heterocycles. The first kappa shape index (κ1) is 15.3. The van der Waals surface area contributed by atoms with Crippen LogP contribution in [0.2, 0.25) is 0 Å². The number of amides is 2. The average Bonchev–Trinajstić information content (AvgIpc) is 2.77. The molecule has 0 aromatic heterocycles. The van der Waals surface area contributed by atoms with Crippen LogP contribution in [0.5, 0.6) is 0 Å². The second kappa shape index (κ2) is 5.88. The zero-order chi connectivity index (χ0) is 16.6. The van der Waals surface area contributed by atoms with Crippen LogP contribution in [0.3, 0.4) is 0 Å². The van der Waals surface area contributed by atoms with E-state index in [9.17, 15) is 9.59 Å². The Morgan fingerprint density at radius 2 is 1.74 bits per heavy atom. The maximum Gasteiger partial charge on any atom is 0.256 e. The number of hydrogen-bond acceptors (Lipinski definition) is 3. The van der Waals surface area contributed by atoms with Crippen molar-refractivity contribution in [2.45, 2.75) is 33.2 Å². The SMILES string of the molecule is Cc1cccc(N2C(=O)C[C@@H](Nc3cc(C)ccc3C)C2=O)c1. The Hall–Kier alpha value is -2.62. The largest absolute Gasteiger partial charge is 0.373 e. The molecule has 118 valence electrons. The Balaban J connectivity index is 1.85. The predicted molar refractivity (Wildman–Crippen MR) is 91.6 cm³/mol. The fraction of sp³-hybridized carbons (Fsp3) is 0.263. The Morgan fingerprint density at radius 1 is 1.00 bits per heavy atom. The molecule has 0 unspecified atom stereocenters. The highest BCUT2D eigenvalue weighted by Gasteiger charge is 2.39.